The van der Waals surface area contributed by atoms with Gasteiger partial charge in [-0.2, -0.15) is 0 Å². The van der Waals surface area contributed by atoms with Gasteiger partial charge in [0, 0.05) is 5.41 Å². The average molecular weight is 318 g/mol. The Morgan fingerprint density at radius 2 is 1.90 bits per heavy atom. The van der Waals surface area contributed by atoms with Gasteiger partial charge in [0.05, 0.1) is 11.6 Å². The fourth-order valence-electron chi connectivity index (χ4n) is 1.73. The van der Waals surface area contributed by atoms with Crippen molar-refractivity contribution >= 4 is 11.6 Å². The number of hydrogen-bond donors (Lipinski definition) is 1. The molecule has 0 fully saturated rings. The molecule has 0 radical (unpaired) electrons. The van der Waals surface area contributed by atoms with Crippen LogP contribution < -0.4 is 5.32 Å². The lowest BCUT2D eigenvalue weighted by atomic mass is 9.83. The zero-order valence-electron chi connectivity index (χ0n) is 15.2. The molecule has 0 spiro atoms. The molecular weight excluding hydrogens is 282 g/mol. The Labute approximate surface area is 138 Å². The summed E-state index contributed by atoms with van der Waals surface area (Å²) < 4.78 is 5.86. The van der Waals surface area contributed by atoms with Gasteiger partial charge in [0.25, 0.3) is 0 Å². The summed E-state index contributed by atoms with van der Waals surface area (Å²) in [5.41, 5.74) is 0.226. The van der Waals surface area contributed by atoms with Crippen molar-refractivity contribution in [1.29, 1.82) is 0 Å². The van der Waals surface area contributed by atoms with E-state index in [2.05, 4.69) is 26.1 Å². The van der Waals surface area contributed by atoms with Crippen molar-refractivity contribution in [2.75, 3.05) is 20.2 Å². The third kappa shape index (κ3) is 11.8. The van der Waals surface area contributed by atoms with Gasteiger partial charge in [-0.1, -0.05) is 52.3 Å². The summed E-state index contributed by atoms with van der Waals surface area (Å²) in [5.74, 6) is 0.819. The highest BCUT2D eigenvalue weighted by atomic mass is 35.5. The average Bonchev–Trinajstić information content (AvgIpc) is 2.52. The smallest absolute Gasteiger partial charge is 0.111 e. The van der Waals surface area contributed by atoms with Crippen LogP contribution >= 0.6 is 11.6 Å². The van der Waals surface area contributed by atoms with E-state index in [9.17, 15) is 0 Å². The van der Waals surface area contributed by atoms with E-state index < -0.39 is 0 Å². The summed E-state index contributed by atoms with van der Waals surface area (Å²) in [6.07, 6.45) is 8.41. The molecule has 2 nitrogen and oxygen atoms in total. The van der Waals surface area contributed by atoms with E-state index in [-0.39, 0.29) is 5.41 Å². The number of ether oxygens (including phenoxy) is 1. The maximum atomic E-state index is 6.17. The standard InChI is InChI=1S/C16H30ClNO.C2H6/c1-6-8-10-15(17)14(3)19-13-16(4,7-2)11-9-12-18-5;1-2/h8,10,18H,6-7,9,11-13H2,1-5H3;1-2H3/b10-8-,15-14-;. The minimum absolute atomic E-state index is 0.226. The molecule has 0 saturated carbocycles. The van der Waals surface area contributed by atoms with E-state index >= 15 is 0 Å². The molecule has 21 heavy (non-hydrogen) atoms. The molecule has 0 aliphatic carbocycles. The Morgan fingerprint density at radius 3 is 2.38 bits per heavy atom. The lowest BCUT2D eigenvalue weighted by Crippen LogP contribution is -2.24. The summed E-state index contributed by atoms with van der Waals surface area (Å²) in [7, 11) is 1.99. The van der Waals surface area contributed by atoms with Crippen molar-refractivity contribution in [3.05, 3.63) is 22.9 Å². The van der Waals surface area contributed by atoms with Gasteiger partial charge in [-0.3, -0.25) is 0 Å². The molecule has 3 heteroatoms. The van der Waals surface area contributed by atoms with Gasteiger partial charge in [0.1, 0.15) is 5.76 Å². The minimum Gasteiger partial charge on any atom is -0.496 e. The summed E-state index contributed by atoms with van der Waals surface area (Å²) in [4.78, 5) is 0. The first-order valence-corrected chi connectivity index (χ1v) is 8.67. The van der Waals surface area contributed by atoms with Crippen LogP contribution in [0.2, 0.25) is 0 Å². The Balaban J connectivity index is 0. The molecule has 0 aromatic carbocycles. The number of nitrogens with one attached hydrogen (secondary N) is 1. The van der Waals surface area contributed by atoms with Crippen LogP contribution in [0.3, 0.4) is 0 Å². The van der Waals surface area contributed by atoms with Crippen LogP contribution in [0.25, 0.3) is 0 Å². The lowest BCUT2D eigenvalue weighted by molar-refractivity contribution is 0.0904. The number of allylic oxidation sites excluding steroid dienone is 4. The van der Waals surface area contributed by atoms with Gasteiger partial charge < -0.3 is 10.1 Å². The maximum Gasteiger partial charge on any atom is 0.111 e. The molecule has 1 N–H and O–H groups in total. The Kier molecular flexibility index (Phi) is 15.7. The second kappa shape index (κ2) is 14.5. The summed E-state index contributed by atoms with van der Waals surface area (Å²) in [5, 5.41) is 3.89. The molecular formula is C18H36ClNO. The lowest BCUT2D eigenvalue weighted by Gasteiger charge is -2.28. The SMILES string of the molecule is CC.CC/C=C\C(Cl)=C(/C)OCC(C)(CC)CCCNC. The molecule has 0 aliphatic heterocycles. The van der Waals surface area contributed by atoms with Crippen molar-refractivity contribution in [2.45, 2.75) is 67.2 Å². The van der Waals surface area contributed by atoms with Gasteiger partial charge in [-0.05, 0) is 52.3 Å². The zero-order valence-corrected chi connectivity index (χ0v) is 15.9. The largest absolute Gasteiger partial charge is 0.496 e. The number of rotatable bonds is 10. The molecule has 1 unspecified atom stereocenters. The first-order chi connectivity index (χ1) is 9.99. The van der Waals surface area contributed by atoms with Gasteiger partial charge in [-0.25, -0.2) is 0 Å². The first-order valence-electron chi connectivity index (χ1n) is 8.29. The summed E-state index contributed by atoms with van der Waals surface area (Å²) in [6, 6.07) is 0. The molecule has 0 aromatic heterocycles. The van der Waals surface area contributed by atoms with Crippen LogP contribution in [0, 0.1) is 5.41 Å². The molecule has 126 valence electrons. The molecule has 0 aliphatic rings. The Bertz CT molecular complexity index is 300. The van der Waals surface area contributed by atoms with Crippen LogP contribution in [-0.4, -0.2) is 20.2 Å². The van der Waals surface area contributed by atoms with Crippen LogP contribution in [0.1, 0.15) is 67.2 Å². The maximum absolute atomic E-state index is 6.17. The molecule has 0 saturated heterocycles. The van der Waals surface area contributed by atoms with Gasteiger partial charge in [0.15, 0.2) is 0 Å². The second-order valence-electron chi connectivity index (χ2n) is 5.37. The molecule has 0 aromatic rings. The second-order valence-corrected chi connectivity index (χ2v) is 5.78. The van der Waals surface area contributed by atoms with E-state index in [1.807, 2.05) is 40.0 Å². The van der Waals surface area contributed by atoms with Crippen molar-refractivity contribution in [2.24, 2.45) is 5.41 Å². The minimum atomic E-state index is 0.226. The summed E-state index contributed by atoms with van der Waals surface area (Å²) >= 11 is 6.17. The zero-order chi connectivity index (χ0) is 16.7. The van der Waals surface area contributed by atoms with Crippen LogP contribution in [-0.2, 0) is 4.74 Å². The monoisotopic (exact) mass is 317 g/mol. The molecule has 0 bridgehead atoms. The molecule has 0 rings (SSSR count). The highest BCUT2D eigenvalue weighted by molar-refractivity contribution is 6.31. The van der Waals surface area contributed by atoms with Crippen LogP contribution in [0.15, 0.2) is 22.9 Å². The molecule has 1 atom stereocenters. The third-order valence-electron chi connectivity index (χ3n) is 3.53. The van der Waals surface area contributed by atoms with E-state index in [4.69, 9.17) is 16.3 Å². The third-order valence-corrected chi connectivity index (χ3v) is 3.93. The van der Waals surface area contributed by atoms with E-state index in [1.165, 1.54) is 12.8 Å². The van der Waals surface area contributed by atoms with Crippen LogP contribution in [0.4, 0.5) is 0 Å². The highest BCUT2D eigenvalue weighted by Crippen LogP contribution is 2.29. The quantitative estimate of drug-likeness (QED) is 0.308. The predicted octanol–water partition coefficient (Wildman–Crippen LogP) is 5.88. The number of halogens is 1. The normalized spacial score (nSPS) is 15.0. The van der Waals surface area contributed by atoms with E-state index in [0.717, 1.165) is 31.8 Å². The topological polar surface area (TPSA) is 21.3 Å². The van der Waals surface area contributed by atoms with Gasteiger partial charge in [0.2, 0.25) is 0 Å². The van der Waals surface area contributed by atoms with Crippen molar-refractivity contribution in [3.8, 4) is 0 Å². The van der Waals surface area contributed by atoms with Crippen molar-refractivity contribution in [1.82, 2.24) is 5.32 Å². The molecule has 0 amide bonds. The Hall–Kier alpha value is -0.470. The fraction of sp³-hybridized carbons (Fsp3) is 0.778. The van der Waals surface area contributed by atoms with Gasteiger partial charge in [-0.15, -0.1) is 0 Å². The van der Waals surface area contributed by atoms with Gasteiger partial charge >= 0.3 is 0 Å². The van der Waals surface area contributed by atoms with Crippen LogP contribution in [0.5, 0.6) is 0 Å². The first kappa shape index (κ1) is 22.8. The van der Waals surface area contributed by atoms with Crippen molar-refractivity contribution in [3.63, 3.8) is 0 Å². The van der Waals surface area contributed by atoms with E-state index in [0.29, 0.717) is 5.03 Å². The highest BCUT2D eigenvalue weighted by Gasteiger charge is 2.22. The summed E-state index contributed by atoms with van der Waals surface area (Å²) in [6.45, 7) is 14.3. The Morgan fingerprint density at radius 1 is 1.29 bits per heavy atom. The van der Waals surface area contributed by atoms with E-state index in [1.54, 1.807) is 0 Å². The number of hydrogen-bond acceptors (Lipinski definition) is 2. The molecule has 0 heterocycles. The van der Waals surface area contributed by atoms with Crippen molar-refractivity contribution < 1.29 is 4.74 Å². The fourth-order valence-corrected chi connectivity index (χ4v) is 1.88. The predicted molar refractivity (Wildman–Crippen MR) is 96.8 cm³/mol.